The molecule has 2 aromatic carbocycles. The van der Waals surface area contributed by atoms with Gasteiger partial charge >= 0.3 is 0 Å². The van der Waals surface area contributed by atoms with Gasteiger partial charge in [0.15, 0.2) is 0 Å². The van der Waals surface area contributed by atoms with Crippen molar-refractivity contribution in [3.63, 3.8) is 0 Å². The van der Waals surface area contributed by atoms with Crippen molar-refractivity contribution >= 4 is 17.7 Å². The van der Waals surface area contributed by atoms with Crippen molar-refractivity contribution in [1.82, 2.24) is 9.80 Å². The van der Waals surface area contributed by atoms with Crippen LogP contribution >= 0.6 is 11.8 Å². The van der Waals surface area contributed by atoms with Gasteiger partial charge < -0.3 is 9.80 Å². The van der Waals surface area contributed by atoms with Gasteiger partial charge in [0, 0.05) is 49.8 Å². The maximum absolute atomic E-state index is 12.4. The number of carbonyl (C=O) groups excluding carboxylic acids is 1. The van der Waals surface area contributed by atoms with Gasteiger partial charge in [-0.1, -0.05) is 48.5 Å². The van der Waals surface area contributed by atoms with Gasteiger partial charge in [-0.3, -0.25) is 4.79 Å². The molecule has 1 saturated heterocycles. The van der Waals surface area contributed by atoms with Crippen LogP contribution in [0.2, 0.25) is 0 Å². The fraction of sp³-hybridized carbons (Fsp3) is 0.381. The largest absolute Gasteiger partial charge is 0.341 e. The molecule has 0 spiro atoms. The number of hydrogen-bond acceptors (Lipinski definition) is 3. The maximum atomic E-state index is 12.4. The number of hydrogen-bond donors (Lipinski definition) is 0. The molecule has 0 aromatic heterocycles. The van der Waals surface area contributed by atoms with Crippen LogP contribution in [0.1, 0.15) is 12.0 Å². The third kappa shape index (κ3) is 5.91. The molecule has 4 heteroatoms. The molecule has 1 aliphatic rings. The van der Waals surface area contributed by atoms with Gasteiger partial charge in [0.05, 0.1) is 0 Å². The van der Waals surface area contributed by atoms with E-state index >= 15 is 0 Å². The standard InChI is InChI=1S/C21H26N2OS/c24-21-12-14-22(13-11-19-7-3-1-4-8-19)15-16-23(21)17-18-25-20-9-5-2-6-10-20/h1-10H,11-18H2. The first-order valence-corrected chi connectivity index (χ1v) is 10.0. The lowest BCUT2D eigenvalue weighted by molar-refractivity contribution is -0.130. The number of thioether (sulfide) groups is 1. The Hall–Kier alpha value is -1.78. The highest BCUT2D eigenvalue weighted by Crippen LogP contribution is 2.17. The molecule has 0 atom stereocenters. The van der Waals surface area contributed by atoms with E-state index in [2.05, 4.69) is 59.5 Å². The Morgan fingerprint density at radius 3 is 2.32 bits per heavy atom. The van der Waals surface area contributed by atoms with Crippen molar-refractivity contribution in [2.24, 2.45) is 0 Å². The summed E-state index contributed by atoms with van der Waals surface area (Å²) in [6.45, 7) is 4.58. The first-order chi connectivity index (χ1) is 12.3. The molecule has 25 heavy (non-hydrogen) atoms. The molecule has 132 valence electrons. The van der Waals surface area contributed by atoms with E-state index < -0.39 is 0 Å². The van der Waals surface area contributed by atoms with Crippen molar-refractivity contribution in [2.75, 3.05) is 38.5 Å². The van der Waals surface area contributed by atoms with E-state index in [-0.39, 0.29) is 0 Å². The average Bonchev–Trinajstić information content (AvgIpc) is 2.84. The van der Waals surface area contributed by atoms with E-state index in [1.54, 1.807) is 0 Å². The van der Waals surface area contributed by atoms with Crippen LogP contribution in [0.3, 0.4) is 0 Å². The molecule has 3 rings (SSSR count). The second-order valence-corrected chi connectivity index (χ2v) is 7.54. The van der Waals surface area contributed by atoms with Gasteiger partial charge in [-0.2, -0.15) is 0 Å². The first-order valence-electron chi connectivity index (χ1n) is 9.03. The Bertz CT molecular complexity index is 647. The van der Waals surface area contributed by atoms with Crippen LogP contribution in [-0.4, -0.2) is 54.2 Å². The van der Waals surface area contributed by atoms with Crippen LogP contribution < -0.4 is 0 Å². The lowest BCUT2D eigenvalue weighted by atomic mass is 10.1. The van der Waals surface area contributed by atoms with Crippen molar-refractivity contribution in [1.29, 1.82) is 0 Å². The van der Waals surface area contributed by atoms with Gasteiger partial charge in [0.1, 0.15) is 0 Å². The summed E-state index contributed by atoms with van der Waals surface area (Å²) < 4.78 is 0. The van der Waals surface area contributed by atoms with E-state index in [4.69, 9.17) is 0 Å². The second kappa shape index (κ2) is 9.64. The third-order valence-electron chi connectivity index (χ3n) is 4.61. The highest BCUT2D eigenvalue weighted by Gasteiger charge is 2.20. The highest BCUT2D eigenvalue weighted by atomic mass is 32.2. The lowest BCUT2D eigenvalue weighted by Gasteiger charge is -2.22. The molecule has 1 heterocycles. The summed E-state index contributed by atoms with van der Waals surface area (Å²) in [5.74, 6) is 1.26. The predicted octanol–water partition coefficient (Wildman–Crippen LogP) is 3.56. The molecule has 0 aliphatic carbocycles. The molecule has 1 amide bonds. The van der Waals surface area contributed by atoms with Crippen LogP contribution in [-0.2, 0) is 11.2 Å². The monoisotopic (exact) mass is 354 g/mol. The van der Waals surface area contributed by atoms with Gasteiger partial charge in [-0.15, -0.1) is 11.8 Å². The minimum Gasteiger partial charge on any atom is -0.341 e. The molecule has 0 radical (unpaired) electrons. The average molecular weight is 355 g/mol. The van der Waals surface area contributed by atoms with Crippen molar-refractivity contribution in [3.8, 4) is 0 Å². The van der Waals surface area contributed by atoms with Crippen LogP contribution in [0.15, 0.2) is 65.6 Å². The van der Waals surface area contributed by atoms with Gasteiger partial charge in [0.2, 0.25) is 5.91 Å². The summed E-state index contributed by atoms with van der Waals surface area (Å²) >= 11 is 1.82. The summed E-state index contributed by atoms with van der Waals surface area (Å²) in [5.41, 5.74) is 1.37. The zero-order valence-corrected chi connectivity index (χ0v) is 15.5. The molecule has 0 unspecified atom stereocenters. The summed E-state index contributed by atoms with van der Waals surface area (Å²) in [7, 11) is 0. The van der Waals surface area contributed by atoms with Crippen LogP contribution in [0.4, 0.5) is 0 Å². The number of nitrogens with zero attached hydrogens (tertiary/aromatic N) is 2. The number of rotatable bonds is 7. The van der Waals surface area contributed by atoms with Crippen molar-refractivity contribution in [2.45, 2.75) is 17.7 Å². The molecule has 0 saturated carbocycles. The Balaban J connectivity index is 1.42. The van der Waals surface area contributed by atoms with Crippen LogP contribution in [0, 0.1) is 0 Å². The zero-order valence-electron chi connectivity index (χ0n) is 14.6. The quantitative estimate of drug-likeness (QED) is 0.711. The molecule has 1 aliphatic heterocycles. The predicted molar refractivity (Wildman–Crippen MR) is 105 cm³/mol. The minimum absolute atomic E-state index is 0.302. The molecular formula is C21H26N2OS. The topological polar surface area (TPSA) is 23.6 Å². The van der Waals surface area contributed by atoms with Crippen molar-refractivity contribution in [3.05, 3.63) is 66.2 Å². The number of amides is 1. The lowest BCUT2D eigenvalue weighted by Crippen LogP contribution is -2.35. The smallest absolute Gasteiger partial charge is 0.223 e. The molecule has 1 fully saturated rings. The van der Waals surface area contributed by atoms with Crippen molar-refractivity contribution < 1.29 is 4.79 Å². The fourth-order valence-electron chi connectivity index (χ4n) is 3.09. The molecule has 0 N–H and O–H groups in total. The second-order valence-electron chi connectivity index (χ2n) is 6.37. The summed E-state index contributed by atoms with van der Waals surface area (Å²) in [5, 5.41) is 0. The Morgan fingerprint density at radius 1 is 0.840 bits per heavy atom. The fourth-order valence-corrected chi connectivity index (χ4v) is 3.99. The normalized spacial score (nSPS) is 16.0. The minimum atomic E-state index is 0.302. The third-order valence-corrected chi connectivity index (χ3v) is 5.61. The molecule has 3 nitrogen and oxygen atoms in total. The van der Waals surface area contributed by atoms with E-state index in [9.17, 15) is 4.79 Å². The Labute approximate surface area is 155 Å². The van der Waals surface area contributed by atoms with E-state index in [0.29, 0.717) is 12.3 Å². The summed E-state index contributed by atoms with van der Waals surface area (Å²) in [6, 6.07) is 21.0. The van der Waals surface area contributed by atoms with Gasteiger partial charge in [0.25, 0.3) is 0 Å². The summed E-state index contributed by atoms with van der Waals surface area (Å²) in [6.07, 6.45) is 1.70. The molecule has 0 bridgehead atoms. The molecule has 2 aromatic rings. The van der Waals surface area contributed by atoms with Gasteiger partial charge in [-0.05, 0) is 24.1 Å². The van der Waals surface area contributed by atoms with E-state index in [0.717, 1.165) is 44.9 Å². The zero-order chi connectivity index (χ0) is 17.3. The maximum Gasteiger partial charge on any atom is 0.223 e. The summed E-state index contributed by atoms with van der Waals surface area (Å²) in [4.78, 5) is 18.1. The molecular weight excluding hydrogens is 328 g/mol. The SMILES string of the molecule is O=C1CCN(CCc2ccccc2)CCN1CCSc1ccccc1. The van der Waals surface area contributed by atoms with Crippen LogP contribution in [0.5, 0.6) is 0 Å². The Kier molecular flexibility index (Phi) is 6.95. The first kappa shape index (κ1) is 18.0. The van der Waals surface area contributed by atoms with E-state index in [1.165, 1.54) is 10.5 Å². The van der Waals surface area contributed by atoms with E-state index in [1.807, 2.05) is 22.7 Å². The number of benzene rings is 2. The Morgan fingerprint density at radius 2 is 1.56 bits per heavy atom. The highest BCUT2D eigenvalue weighted by molar-refractivity contribution is 7.99. The van der Waals surface area contributed by atoms with Gasteiger partial charge in [-0.25, -0.2) is 0 Å². The van der Waals surface area contributed by atoms with Crippen LogP contribution in [0.25, 0.3) is 0 Å². The number of carbonyl (C=O) groups is 1.